The summed E-state index contributed by atoms with van der Waals surface area (Å²) < 4.78 is 16.5. The number of hydrogen-bond acceptors (Lipinski definition) is 6. The summed E-state index contributed by atoms with van der Waals surface area (Å²) in [6, 6.07) is 0. The van der Waals surface area contributed by atoms with E-state index in [2.05, 4.69) is 34.6 Å². The van der Waals surface area contributed by atoms with Gasteiger partial charge in [-0.05, 0) is 31.1 Å². The van der Waals surface area contributed by atoms with Crippen molar-refractivity contribution >= 4 is 17.9 Å². The lowest BCUT2D eigenvalue weighted by molar-refractivity contribution is -0.167. The number of hydrogen-bond donors (Lipinski definition) is 0. The predicted octanol–water partition coefficient (Wildman–Crippen LogP) is 11.5. The van der Waals surface area contributed by atoms with Crippen LogP contribution in [0.1, 0.15) is 202 Å². The van der Waals surface area contributed by atoms with Gasteiger partial charge >= 0.3 is 17.9 Å². The van der Waals surface area contributed by atoms with Crippen LogP contribution in [0, 0.1) is 11.8 Å². The molecule has 0 fully saturated rings. The van der Waals surface area contributed by atoms with Gasteiger partial charge < -0.3 is 14.2 Å². The second kappa shape index (κ2) is 32.4. The molecule has 0 aliphatic rings. The van der Waals surface area contributed by atoms with Crippen molar-refractivity contribution in [2.75, 3.05) is 13.2 Å². The zero-order valence-electron chi connectivity index (χ0n) is 30.5. The van der Waals surface area contributed by atoms with Crippen LogP contribution in [0.25, 0.3) is 0 Å². The van der Waals surface area contributed by atoms with Crippen molar-refractivity contribution in [1.29, 1.82) is 0 Å². The Morgan fingerprint density at radius 1 is 0.422 bits per heavy atom. The third kappa shape index (κ3) is 33.6. The van der Waals surface area contributed by atoms with Gasteiger partial charge in [0.05, 0.1) is 0 Å². The molecule has 0 rings (SSSR count). The third-order valence-corrected chi connectivity index (χ3v) is 8.47. The van der Waals surface area contributed by atoms with Gasteiger partial charge in [-0.2, -0.15) is 0 Å². The molecule has 6 nitrogen and oxygen atoms in total. The average Bonchev–Trinajstić information content (AvgIpc) is 2.99. The minimum absolute atomic E-state index is 0.0679. The van der Waals surface area contributed by atoms with E-state index in [9.17, 15) is 14.4 Å². The SMILES string of the molecule is CCCCCCCCCC(=O)OC[C@@H](COC(=O)CCCCCCCCC(C)C)OC(=O)CCCCCCCCCCC(C)C. The van der Waals surface area contributed by atoms with E-state index in [0.29, 0.717) is 19.3 Å². The van der Waals surface area contributed by atoms with Crippen LogP contribution in [0.3, 0.4) is 0 Å². The van der Waals surface area contributed by atoms with Gasteiger partial charge in [0.15, 0.2) is 6.10 Å². The first-order valence-electron chi connectivity index (χ1n) is 19.2. The molecule has 0 aromatic rings. The molecule has 45 heavy (non-hydrogen) atoms. The van der Waals surface area contributed by atoms with E-state index in [1.54, 1.807) is 0 Å². The Hall–Kier alpha value is -1.59. The van der Waals surface area contributed by atoms with E-state index in [4.69, 9.17) is 14.2 Å². The van der Waals surface area contributed by atoms with Crippen LogP contribution in [-0.2, 0) is 28.6 Å². The van der Waals surface area contributed by atoms with E-state index in [-0.39, 0.29) is 31.1 Å². The molecular weight excluding hydrogens is 564 g/mol. The molecule has 0 unspecified atom stereocenters. The molecule has 0 N–H and O–H groups in total. The lowest BCUT2D eigenvalue weighted by Crippen LogP contribution is -2.30. The maximum Gasteiger partial charge on any atom is 0.306 e. The van der Waals surface area contributed by atoms with Gasteiger partial charge in [-0.25, -0.2) is 0 Å². The monoisotopic (exact) mass is 639 g/mol. The molecule has 6 heteroatoms. The fraction of sp³-hybridized carbons (Fsp3) is 0.923. The van der Waals surface area contributed by atoms with Gasteiger partial charge in [0, 0.05) is 19.3 Å². The van der Waals surface area contributed by atoms with Gasteiger partial charge in [0.1, 0.15) is 13.2 Å². The summed E-state index contributed by atoms with van der Waals surface area (Å²) in [6.07, 6.45) is 26.9. The molecule has 0 saturated carbocycles. The predicted molar refractivity (Wildman–Crippen MR) is 187 cm³/mol. The number of ether oxygens (including phenoxy) is 3. The Morgan fingerprint density at radius 2 is 0.733 bits per heavy atom. The molecule has 0 aliphatic heterocycles. The molecule has 0 saturated heterocycles. The molecule has 0 radical (unpaired) electrons. The van der Waals surface area contributed by atoms with E-state index >= 15 is 0 Å². The van der Waals surface area contributed by atoms with Crippen molar-refractivity contribution in [2.45, 2.75) is 208 Å². The fourth-order valence-corrected chi connectivity index (χ4v) is 5.52. The summed E-state index contributed by atoms with van der Waals surface area (Å²) in [6.45, 7) is 11.2. The Morgan fingerprint density at radius 3 is 1.09 bits per heavy atom. The smallest absolute Gasteiger partial charge is 0.306 e. The lowest BCUT2D eigenvalue weighted by Gasteiger charge is -2.18. The van der Waals surface area contributed by atoms with Gasteiger partial charge in [-0.15, -0.1) is 0 Å². The second-order valence-electron chi connectivity index (χ2n) is 14.2. The van der Waals surface area contributed by atoms with E-state index in [0.717, 1.165) is 69.6 Å². The first kappa shape index (κ1) is 43.4. The highest BCUT2D eigenvalue weighted by atomic mass is 16.6. The van der Waals surface area contributed by atoms with Crippen LogP contribution in [0.15, 0.2) is 0 Å². The molecule has 1 atom stereocenters. The molecule has 0 spiro atoms. The summed E-state index contributed by atoms with van der Waals surface area (Å²) in [4.78, 5) is 37.3. The van der Waals surface area contributed by atoms with Crippen molar-refractivity contribution in [2.24, 2.45) is 11.8 Å². The lowest BCUT2D eigenvalue weighted by atomic mass is 10.0. The van der Waals surface area contributed by atoms with Gasteiger partial charge in [0.25, 0.3) is 0 Å². The fourth-order valence-electron chi connectivity index (χ4n) is 5.52. The topological polar surface area (TPSA) is 78.9 Å². The first-order chi connectivity index (χ1) is 21.7. The minimum Gasteiger partial charge on any atom is -0.462 e. The van der Waals surface area contributed by atoms with Gasteiger partial charge in [-0.3, -0.25) is 14.4 Å². The normalized spacial score (nSPS) is 12.1. The molecule has 0 bridgehead atoms. The molecule has 0 aromatic carbocycles. The van der Waals surface area contributed by atoms with Crippen LogP contribution < -0.4 is 0 Å². The third-order valence-electron chi connectivity index (χ3n) is 8.47. The molecule has 0 aromatic heterocycles. The molecule has 0 heterocycles. The van der Waals surface area contributed by atoms with Crippen LogP contribution in [0.4, 0.5) is 0 Å². The highest BCUT2D eigenvalue weighted by Crippen LogP contribution is 2.15. The summed E-state index contributed by atoms with van der Waals surface area (Å²) in [7, 11) is 0. The zero-order valence-corrected chi connectivity index (χ0v) is 30.5. The van der Waals surface area contributed by atoms with Crippen LogP contribution in [-0.4, -0.2) is 37.2 Å². The Balaban J connectivity index is 4.35. The quantitative estimate of drug-likeness (QED) is 0.0404. The van der Waals surface area contributed by atoms with E-state index in [1.807, 2.05) is 0 Å². The van der Waals surface area contributed by atoms with Crippen molar-refractivity contribution < 1.29 is 28.6 Å². The van der Waals surface area contributed by atoms with Crippen molar-refractivity contribution in [3.8, 4) is 0 Å². The minimum atomic E-state index is -0.758. The standard InChI is InChI=1S/C39H74O6/c1-6-7-8-9-12-19-24-29-37(40)43-32-36(33-44-38(41)30-25-20-16-15-18-23-28-35(4)5)45-39(42)31-26-21-14-11-10-13-17-22-27-34(2)3/h34-36H,6-33H2,1-5H3/t36-/m0/s1. The van der Waals surface area contributed by atoms with Crippen LogP contribution in [0.2, 0.25) is 0 Å². The van der Waals surface area contributed by atoms with E-state index < -0.39 is 6.10 Å². The highest BCUT2D eigenvalue weighted by Gasteiger charge is 2.19. The Bertz CT molecular complexity index is 689. The summed E-state index contributed by atoms with van der Waals surface area (Å²) in [5.41, 5.74) is 0. The van der Waals surface area contributed by atoms with Crippen molar-refractivity contribution in [3.63, 3.8) is 0 Å². The van der Waals surface area contributed by atoms with Crippen LogP contribution in [0.5, 0.6) is 0 Å². The number of esters is 3. The highest BCUT2D eigenvalue weighted by molar-refractivity contribution is 5.71. The Kier molecular flexibility index (Phi) is 31.2. The molecular formula is C39H74O6. The van der Waals surface area contributed by atoms with Gasteiger partial charge in [0.2, 0.25) is 0 Å². The van der Waals surface area contributed by atoms with Crippen molar-refractivity contribution in [1.82, 2.24) is 0 Å². The second-order valence-corrected chi connectivity index (χ2v) is 14.2. The number of carbonyl (C=O) groups excluding carboxylic acids is 3. The Labute approximate surface area is 278 Å². The average molecular weight is 639 g/mol. The number of carbonyl (C=O) groups is 3. The molecule has 266 valence electrons. The largest absolute Gasteiger partial charge is 0.462 e. The maximum atomic E-state index is 12.6. The summed E-state index contributed by atoms with van der Waals surface area (Å²) in [5.74, 6) is 0.677. The number of rotatable bonds is 33. The van der Waals surface area contributed by atoms with Crippen LogP contribution >= 0.6 is 0 Å². The molecule has 0 aliphatic carbocycles. The zero-order chi connectivity index (χ0) is 33.4. The number of unbranched alkanes of at least 4 members (excludes halogenated alkanes) is 18. The summed E-state index contributed by atoms with van der Waals surface area (Å²) in [5, 5.41) is 0. The molecule has 0 amide bonds. The first-order valence-corrected chi connectivity index (χ1v) is 19.2. The van der Waals surface area contributed by atoms with E-state index in [1.165, 1.54) is 89.9 Å². The van der Waals surface area contributed by atoms with Crippen molar-refractivity contribution in [3.05, 3.63) is 0 Å². The van der Waals surface area contributed by atoms with Gasteiger partial charge in [-0.1, -0.05) is 163 Å². The summed E-state index contributed by atoms with van der Waals surface area (Å²) >= 11 is 0. The maximum absolute atomic E-state index is 12.6.